The highest BCUT2D eigenvalue weighted by Gasteiger charge is 2.06. The Morgan fingerprint density at radius 1 is 1.24 bits per heavy atom. The van der Waals surface area contributed by atoms with E-state index in [1.54, 1.807) is 31.5 Å². The lowest BCUT2D eigenvalue weighted by Crippen LogP contribution is -2.27. The molecule has 0 aliphatic carbocycles. The number of aromatic nitrogens is 1. The highest BCUT2D eigenvalue weighted by atomic mass is 19.1. The van der Waals surface area contributed by atoms with Gasteiger partial charge in [0.25, 0.3) is 5.91 Å². The van der Waals surface area contributed by atoms with Crippen LogP contribution < -0.4 is 10.6 Å². The van der Waals surface area contributed by atoms with E-state index in [1.807, 2.05) is 0 Å². The zero-order chi connectivity index (χ0) is 15.1. The van der Waals surface area contributed by atoms with Crippen LogP contribution in [0.2, 0.25) is 0 Å². The molecule has 2 rings (SSSR count). The van der Waals surface area contributed by atoms with Gasteiger partial charge in [-0.3, -0.25) is 9.78 Å². The molecule has 0 atom stereocenters. The van der Waals surface area contributed by atoms with Crippen LogP contribution in [0.1, 0.15) is 10.4 Å². The third-order valence-electron chi connectivity index (χ3n) is 2.73. The summed E-state index contributed by atoms with van der Waals surface area (Å²) in [5, 5.41) is 5.78. The molecule has 5 nitrogen and oxygen atoms in total. The summed E-state index contributed by atoms with van der Waals surface area (Å²) in [6, 6.07) is 7.62. The molecule has 2 N–H and O–H groups in total. The molecule has 1 heterocycles. The van der Waals surface area contributed by atoms with Gasteiger partial charge >= 0.3 is 0 Å². The summed E-state index contributed by atoms with van der Waals surface area (Å²) >= 11 is 0. The Morgan fingerprint density at radius 2 is 2.00 bits per heavy atom. The van der Waals surface area contributed by atoms with Crippen molar-refractivity contribution >= 4 is 17.3 Å². The van der Waals surface area contributed by atoms with Gasteiger partial charge in [-0.15, -0.1) is 0 Å². The number of hydrogen-bond donors (Lipinski definition) is 2. The molecule has 0 radical (unpaired) electrons. The normalized spacial score (nSPS) is 10.2. The Labute approximate surface area is 122 Å². The Morgan fingerprint density at radius 3 is 2.71 bits per heavy atom. The molecular weight excluding hydrogens is 273 g/mol. The SMILES string of the molecule is COCCNC(=O)c1cncc(Nc2ccc(F)cc2)c1. The molecule has 0 unspecified atom stereocenters. The van der Waals surface area contributed by atoms with Gasteiger partial charge in [0.1, 0.15) is 5.82 Å². The molecule has 0 spiro atoms. The second kappa shape index (κ2) is 7.35. The molecule has 1 aromatic heterocycles. The van der Waals surface area contributed by atoms with Gasteiger partial charge in [0.2, 0.25) is 0 Å². The average Bonchev–Trinajstić information content (AvgIpc) is 2.50. The third kappa shape index (κ3) is 4.54. The molecule has 0 saturated carbocycles. The van der Waals surface area contributed by atoms with E-state index < -0.39 is 0 Å². The fourth-order valence-corrected chi connectivity index (χ4v) is 1.70. The number of benzene rings is 1. The molecule has 0 saturated heterocycles. The van der Waals surface area contributed by atoms with Gasteiger partial charge in [-0.1, -0.05) is 0 Å². The summed E-state index contributed by atoms with van der Waals surface area (Å²) in [6.45, 7) is 0.887. The molecule has 2 aromatic rings. The number of halogens is 1. The summed E-state index contributed by atoms with van der Waals surface area (Å²) in [5.41, 5.74) is 1.81. The number of anilines is 2. The van der Waals surface area contributed by atoms with E-state index in [1.165, 1.54) is 18.3 Å². The topological polar surface area (TPSA) is 63.2 Å². The number of amides is 1. The van der Waals surface area contributed by atoms with E-state index >= 15 is 0 Å². The number of ether oxygens (including phenoxy) is 1. The lowest BCUT2D eigenvalue weighted by atomic mass is 10.2. The molecule has 0 aliphatic heterocycles. The first kappa shape index (κ1) is 14.9. The maximum absolute atomic E-state index is 12.8. The van der Waals surface area contributed by atoms with Crippen LogP contribution in [-0.4, -0.2) is 31.2 Å². The fourth-order valence-electron chi connectivity index (χ4n) is 1.70. The maximum Gasteiger partial charge on any atom is 0.253 e. The van der Waals surface area contributed by atoms with Crippen molar-refractivity contribution in [3.05, 3.63) is 54.1 Å². The van der Waals surface area contributed by atoms with Gasteiger partial charge in [0, 0.05) is 25.5 Å². The van der Waals surface area contributed by atoms with Gasteiger partial charge in [-0.25, -0.2) is 4.39 Å². The molecule has 21 heavy (non-hydrogen) atoms. The number of nitrogens with zero attached hydrogens (tertiary/aromatic N) is 1. The quantitative estimate of drug-likeness (QED) is 0.801. The summed E-state index contributed by atoms with van der Waals surface area (Å²) in [7, 11) is 1.57. The lowest BCUT2D eigenvalue weighted by Gasteiger charge is -2.08. The minimum absolute atomic E-state index is 0.220. The number of nitrogens with one attached hydrogen (secondary N) is 2. The predicted molar refractivity (Wildman–Crippen MR) is 78.1 cm³/mol. The van der Waals surface area contributed by atoms with Crippen LogP contribution in [0, 0.1) is 5.82 Å². The van der Waals surface area contributed by atoms with Crippen LogP contribution in [0.25, 0.3) is 0 Å². The minimum Gasteiger partial charge on any atom is -0.383 e. The third-order valence-corrected chi connectivity index (χ3v) is 2.73. The summed E-state index contributed by atoms with van der Waals surface area (Å²) in [6.07, 6.45) is 3.08. The maximum atomic E-state index is 12.8. The molecule has 1 aromatic carbocycles. The number of pyridine rings is 1. The minimum atomic E-state index is -0.301. The van der Waals surface area contributed by atoms with Crippen molar-refractivity contribution in [3.63, 3.8) is 0 Å². The number of carbonyl (C=O) groups excluding carboxylic acids is 1. The van der Waals surface area contributed by atoms with Gasteiger partial charge in [-0.05, 0) is 30.3 Å². The molecule has 0 bridgehead atoms. The van der Waals surface area contributed by atoms with E-state index in [2.05, 4.69) is 15.6 Å². The van der Waals surface area contributed by atoms with Crippen molar-refractivity contribution in [1.29, 1.82) is 0 Å². The fraction of sp³-hybridized carbons (Fsp3) is 0.200. The molecular formula is C15H16FN3O2. The number of methoxy groups -OCH3 is 1. The van der Waals surface area contributed by atoms with E-state index in [0.29, 0.717) is 24.4 Å². The van der Waals surface area contributed by atoms with Crippen LogP contribution in [0.4, 0.5) is 15.8 Å². The largest absolute Gasteiger partial charge is 0.383 e. The summed E-state index contributed by atoms with van der Waals surface area (Å²) in [4.78, 5) is 15.9. The van der Waals surface area contributed by atoms with Gasteiger partial charge in [-0.2, -0.15) is 0 Å². The van der Waals surface area contributed by atoms with Crippen molar-refractivity contribution < 1.29 is 13.9 Å². The van der Waals surface area contributed by atoms with E-state index in [9.17, 15) is 9.18 Å². The van der Waals surface area contributed by atoms with Gasteiger partial charge in [0.05, 0.1) is 24.1 Å². The Balaban J connectivity index is 2.03. The van der Waals surface area contributed by atoms with Crippen LogP contribution >= 0.6 is 0 Å². The second-order valence-electron chi connectivity index (χ2n) is 4.34. The van der Waals surface area contributed by atoms with Gasteiger partial charge < -0.3 is 15.4 Å². The number of carbonyl (C=O) groups is 1. The van der Waals surface area contributed by atoms with Crippen molar-refractivity contribution in [2.24, 2.45) is 0 Å². The second-order valence-corrected chi connectivity index (χ2v) is 4.34. The number of hydrogen-bond acceptors (Lipinski definition) is 4. The van der Waals surface area contributed by atoms with Crippen molar-refractivity contribution in [3.8, 4) is 0 Å². The predicted octanol–water partition coefficient (Wildman–Crippen LogP) is 2.34. The smallest absolute Gasteiger partial charge is 0.253 e. The van der Waals surface area contributed by atoms with Gasteiger partial charge in [0.15, 0.2) is 0 Å². The Hall–Kier alpha value is -2.47. The first-order valence-electron chi connectivity index (χ1n) is 6.44. The van der Waals surface area contributed by atoms with Crippen molar-refractivity contribution in [1.82, 2.24) is 10.3 Å². The zero-order valence-electron chi connectivity index (χ0n) is 11.6. The molecule has 0 aliphatic rings. The number of rotatable bonds is 6. The van der Waals surface area contributed by atoms with Crippen LogP contribution in [0.5, 0.6) is 0 Å². The average molecular weight is 289 g/mol. The van der Waals surface area contributed by atoms with E-state index in [0.717, 1.165) is 5.69 Å². The highest BCUT2D eigenvalue weighted by molar-refractivity contribution is 5.94. The molecule has 110 valence electrons. The zero-order valence-corrected chi connectivity index (χ0v) is 11.6. The first-order valence-corrected chi connectivity index (χ1v) is 6.44. The molecule has 1 amide bonds. The van der Waals surface area contributed by atoms with Crippen LogP contribution in [-0.2, 0) is 4.74 Å². The van der Waals surface area contributed by atoms with E-state index in [4.69, 9.17) is 4.74 Å². The first-order chi connectivity index (χ1) is 10.2. The lowest BCUT2D eigenvalue weighted by molar-refractivity contribution is 0.0937. The molecule has 6 heteroatoms. The highest BCUT2D eigenvalue weighted by Crippen LogP contribution is 2.17. The standard InChI is InChI=1S/C15H16FN3O2/c1-21-7-6-18-15(20)11-8-14(10-17-9-11)19-13-4-2-12(16)3-5-13/h2-5,8-10,19H,6-7H2,1H3,(H,18,20). The summed E-state index contributed by atoms with van der Waals surface area (Å²) in [5.74, 6) is -0.521. The van der Waals surface area contributed by atoms with Crippen LogP contribution in [0.15, 0.2) is 42.7 Å². The van der Waals surface area contributed by atoms with Crippen molar-refractivity contribution in [2.75, 3.05) is 25.6 Å². The van der Waals surface area contributed by atoms with Crippen molar-refractivity contribution in [2.45, 2.75) is 0 Å². The Bertz CT molecular complexity index is 602. The monoisotopic (exact) mass is 289 g/mol. The van der Waals surface area contributed by atoms with Crippen LogP contribution in [0.3, 0.4) is 0 Å². The van der Waals surface area contributed by atoms with E-state index in [-0.39, 0.29) is 11.7 Å². The summed E-state index contributed by atoms with van der Waals surface area (Å²) < 4.78 is 17.7. The Kier molecular flexibility index (Phi) is 5.22. The molecule has 0 fully saturated rings.